The summed E-state index contributed by atoms with van der Waals surface area (Å²) in [6, 6.07) is 5.90. The molecule has 4 nitrogen and oxygen atoms in total. The second kappa shape index (κ2) is 6.09. The lowest BCUT2D eigenvalue weighted by Crippen LogP contribution is -2.23. The zero-order valence-electron chi connectivity index (χ0n) is 12.2. The minimum atomic E-state index is 0.142. The molecule has 2 rings (SSSR count). The molecule has 4 heteroatoms. The quantitative estimate of drug-likeness (QED) is 0.707. The highest BCUT2D eigenvalue weighted by Gasteiger charge is 2.17. The molecule has 2 aromatic rings. The zero-order chi connectivity index (χ0) is 14.6. The van der Waals surface area contributed by atoms with Crippen LogP contribution in [0.5, 0.6) is 0 Å². The molecule has 0 atom stereocenters. The van der Waals surface area contributed by atoms with Crippen molar-refractivity contribution < 1.29 is 5.11 Å². The van der Waals surface area contributed by atoms with Gasteiger partial charge in [-0.25, -0.2) is 0 Å². The number of aliphatic hydroxyl groups is 1. The molecule has 0 saturated heterocycles. The van der Waals surface area contributed by atoms with Gasteiger partial charge in [0.15, 0.2) is 0 Å². The summed E-state index contributed by atoms with van der Waals surface area (Å²) >= 11 is 0. The Morgan fingerprint density at radius 2 is 2.05 bits per heavy atom. The predicted octanol–water partition coefficient (Wildman–Crippen LogP) is 3.03. The van der Waals surface area contributed by atoms with Crippen LogP contribution in [-0.4, -0.2) is 23.2 Å². The third-order valence-electron chi connectivity index (χ3n) is 3.62. The van der Waals surface area contributed by atoms with Crippen molar-refractivity contribution in [2.75, 3.05) is 24.2 Å². The second-order valence-corrected chi connectivity index (χ2v) is 5.97. The van der Waals surface area contributed by atoms with Crippen LogP contribution in [0.4, 0.5) is 11.4 Å². The zero-order valence-corrected chi connectivity index (χ0v) is 12.2. The number of fused-ring (bicyclic) bond motifs is 1. The van der Waals surface area contributed by atoms with Crippen LogP contribution in [0.15, 0.2) is 30.6 Å². The summed E-state index contributed by atoms with van der Waals surface area (Å²) in [6.07, 6.45) is 5.41. The summed E-state index contributed by atoms with van der Waals surface area (Å²) in [7, 11) is 0. The summed E-state index contributed by atoms with van der Waals surface area (Å²) in [6.45, 7) is 5.52. The third kappa shape index (κ3) is 3.39. The number of pyridine rings is 1. The number of nitrogens with one attached hydrogen (secondary N) is 1. The highest BCUT2D eigenvalue weighted by molar-refractivity contribution is 6.00. The van der Waals surface area contributed by atoms with Crippen LogP contribution < -0.4 is 11.1 Å². The van der Waals surface area contributed by atoms with Crippen molar-refractivity contribution in [1.29, 1.82) is 0 Å². The average molecular weight is 273 g/mol. The Bertz CT molecular complexity index is 581. The van der Waals surface area contributed by atoms with Crippen molar-refractivity contribution in [3.63, 3.8) is 0 Å². The molecule has 0 aliphatic rings. The number of rotatable bonds is 6. The van der Waals surface area contributed by atoms with E-state index in [0.717, 1.165) is 41.5 Å². The van der Waals surface area contributed by atoms with Gasteiger partial charge in [-0.15, -0.1) is 0 Å². The van der Waals surface area contributed by atoms with E-state index in [1.54, 1.807) is 12.4 Å². The number of aliphatic hydroxyl groups excluding tert-OH is 1. The van der Waals surface area contributed by atoms with Gasteiger partial charge in [0, 0.05) is 47.7 Å². The molecular formula is C16H23N3O. The van der Waals surface area contributed by atoms with E-state index in [1.807, 2.05) is 18.2 Å². The van der Waals surface area contributed by atoms with Crippen LogP contribution in [-0.2, 0) is 0 Å². The van der Waals surface area contributed by atoms with Crippen molar-refractivity contribution in [2.45, 2.75) is 26.7 Å². The van der Waals surface area contributed by atoms with Crippen LogP contribution in [0.2, 0.25) is 0 Å². The van der Waals surface area contributed by atoms with Gasteiger partial charge in [-0.1, -0.05) is 13.8 Å². The lowest BCUT2D eigenvalue weighted by Gasteiger charge is -2.25. The van der Waals surface area contributed by atoms with Gasteiger partial charge in [-0.05, 0) is 36.5 Å². The minimum absolute atomic E-state index is 0.142. The monoisotopic (exact) mass is 273 g/mol. The molecule has 0 unspecified atom stereocenters. The van der Waals surface area contributed by atoms with Crippen LogP contribution in [0.3, 0.4) is 0 Å². The van der Waals surface area contributed by atoms with E-state index in [-0.39, 0.29) is 12.0 Å². The number of hydrogen-bond donors (Lipinski definition) is 3. The van der Waals surface area contributed by atoms with Crippen LogP contribution in [0.25, 0.3) is 10.8 Å². The van der Waals surface area contributed by atoms with E-state index in [1.165, 1.54) is 0 Å². The molecular weight excluding hydrogens is 250 g/mol. The molecule has 4 N–H and O–H groups in total. The minimum Gasteiger partial charge on any atom is -0.398 e. The maximum absolute atomic E-state index is 8.95. The molecule has 108 valence electrons. The molecule has 0 spiro atoms. The summed E-state index contributed by atoms with van der Waals surface area (Å²) in [5.74, 6) is 0. The summed E-state index contributed by atoms with van der Waals surface area (Å²) in [5, 5.41) is 14.5. The fourth-order valence-corrected chi connectivity index (χ4v) is 2.35. The molecule has 1 aromatic carbocycles. The lowest BCUT2D eigenvalue weighted by atomic mass is 9.87. The van der Waals surface area contributed by atoms with E-state index in [2.05, 4.69) is 24.1 Å². The molecule has 0 saturated carbocycles. The van der Waals surface area contributed by atoms with Gasteiger partial charge in [0.2, 0.25) is 0 Å². The first-order valence-corrected chi connectivity index (χ1v) is 7.00. The van der Waals surface area contributed by atoms with E-state index in [9.17, 15) is 0 Å². The molecule has 0 aliphatic heterocycles. The summed E-state index contributed by atoms with van der Waals surface area (Å²) in [4.78, 5) is 4.13. The lowest BCUT2D eigenvalue weighted by molar-refractivity contribution is 0.248. The van der Waals surface area contributed by atoms with Gasteiger partial charge in [-0.3, -0.25) is 4.98 Å². The highest BCUT2D eigenvalue weighted by Crippen LogP contribution is 2.29. The molecule has 0 radical (unpaired) electrons. The number of anilines is 2. The fraction of sp³-hybridized carbons (Fsp3) is 0.438. The first-order chi connectivity index (χ1) is 9.53. The Labute approximate surface area is 120 Å². The number of nitrogens with two attached hydrogens (primary N) is 1. The van der Waals surface area contributed by atoms with Gasteiger partial charge in [0.25, 0.3) is 0 Å². The molecule has 0 bridgehead atoms. The molecule has 1 aromatic heterocycles. The van der Waals surface area contributed by atoms with E-state index in [0.29, 0.717) is 0 Å². The third-order valence-corrected chi connectivity index (χ3v) is 3.62. The maximum Gasteiger partial charge on any atom is 0.0431 e. The Morgan fingerprint density at radius 1 is 1.25 bits per heavy atom. The van der Waals surface area contributed by atoms with Gasteiger partial charge in [-0.2, -0.15) is 0 Å². The van der Waals surface area contributed by atoms with Gasteiger partial charge < -0.3 is 16.2 Å². The van der Waals surface area contributed by atoms with Crippen LogP contribution >= 0.6 is 0 Å². The Morgan fingerprint density at radius 3 is 2.80 bits per heavy atom. The first-order valence-electron chi connectivity index (χ1n) is 7.00. The van der Waals surface area contributed by atoms with Gasteiger partial charge >= 0.3 is 0 Å². The van der Waals surface area contributed by atoms with E-state index >= 15 is 0 Å². The van der Waals surface area contributed by atoms with Gasteiger partial charge in [0.05, 0.1) is 0 Å². The van der Waals surface area contributed by atoms with Crippen molar-refractivity contribution in [2.24, 2.45) is 5.41 Å². The average Bonchev–Trinajstić information content (AvgIpc) is 2.45. The largest absolute Gasteiger partial charge is 0.398 e. The molecule has 1 heterocycles. The normalized spacial score (nSPS) is 11.8. The second-order valence-electron chi connectivity index (χ2n) is 5.97. The number of benzene rings is 1. The van der Waals surface area contributed by atoms with E-state index in [4.69, 9.17) is 10.8 Å². The number of nitrogens with zero attached hydrogens (tertiary/aromatic N) is 1. The van der Waals surface area contributed by atoms with Crippen LogP contribution in [0.1, 0.15) is 26.7 Å². The Kier molecular flexibility index (Phi) is 4.45. The van der Waals surface area contributed by atoms with Crippen molar-refractivity contribution in [3.05, 3.63) is 30.6 Å². The smallest absolute Gasteiger partial charge is 0.0431 e. The Hall–Kier alpha value is -1.81. The standard InChI is InChI=1S/C16H23N3O/c1-16(2,7-3-9-20)11-19-15-5-4-14(17)13-10-18-8-6-12(13)15/h4-6,8,10,19-20H,3,7,9,11,17H2,1-2H3. The summed E-state index contributed by atoms with van der Waals surface area (Å²) in [5.41, 5.74) is 7.95. The van der Waals surface area contributed by atoms with Crippen molar-refractivity contribution in [3.8, 4) is 0 Å². The topological polar surface area (TPSA) is 71.2 Å². The van der Waals surface area contributed by atoms with E-state index < -0.39 is 0 Å². The number of nitrogen functional groups attached to an aromatic ring is 1. The summed E-state index contributed by atoms with van der Waals surface area (Å²) < 4.78 is 0. The molecule has 0 aliphatic carbocycles. The van der Waals surface area contributed by atoms with Crippen molar-refractivity contribution in [1.82, 2.24) is 4.98 Å². The fourth-order valence-electron chi connectivity index (χ4n) is 2.35. The first kappa shape index (κ1) is 14.6. The molecule has 0 fully saturated rings. The number of hydrogen-bond acceptors (Lipinski definition) is 4. The number of aromatic nitrogens is 1. The Balaban J connectivity index is 2.16. The highest BCUT2D eigenvalue weighted by atomic mass is 16.2. The maximum atomic E-state index is 8.95. The van der Waals surface area contributed by atoms with Crippen molar-refractivity contribution >= 4 is 22.1 Å². The predicted molar refractivity (Wildman–Crippen MR) is 84.7 cm³/mol. The molecule has 0 amide bonds. The SMILES string of the molecule is CC(C)(CCCO)CNc1ccc(N)c2cnccc12. The molecule has 20 heavy (non-hydrogen) atoms. The van der Waals surface area contributed by atoms with Gasteiger partial charge in [0.1, 0.15) is 0 Å². The van der Waals surface area contributed by atoms with Crippen LogP contribution in [0, 0.1) is 5.41 Å².